The molecule has 2 saturated carbocycles. The topological polar surface area (TPSA) is 37.8 Å². The van der Waals surface area contributed by atoms with E-state index in [1.165, 1.54) is 42.7 Å². The molecule has 2 aliphatic carbocycles. The lowest BCUT2D eigenvalue weighted by Crippen LogP contribution is -2.27. The lowest BCUT2D eigenvalue weighted by Gasteiger charge is -2.28. The van der Waals surface area contributed by atoms with Gasteiger partial charge in [-0.15, -0.1) is 5.10 Å². The van der Waals surface area contributed by atoms with Crippen molar-refractivity contribution < 1.29 is 0 Å². The van der Waals surface area contributed by atoms with Gasteiger partial charge in [-0.2, -0.15) is 0 Å². The van der Waals surface area contributed by atoms with E-state index in [-0.39, 0.29) is 5.41 Å². The zero-order valence-corrected chi connectivity index (χ0v) is 14.7. The van der Waals surface area contributed by atoms with Gasteiger partial charge in [0.2, 0.25) is 0 Å². The van der Waals surface area contributed by atoms with Gasteiger partial charge in [0, 0.05) is 11.5 Å². The van der Waals surface area contributed by atoms with Crippen LogP contribution >= 0.6 is 11.5 Å². The van der Waals surface area contributed by atoms with Gasteiger partial charge in [-0.25, -0.2) is 0 Å². The molecule has 118 valence electrons. The Balaban J connectivity index is 1.77. The predicted molar refractivity (Wildman–Crippen MR) is 88.6 cm³/mol. The van der Waals surface area contributed by atoms with Crippen LogP contribution in [0.5, 0.6) is 0 Å². The van der Waals surface area contributed by atoms with Gasteiger partial charge in [0.25, 0.3) is 0 Å². The highest BCUT2D eigenvalue weighted by Gasteiger charge is 2.41. The molecule has 2 fully saturated rings. The quantitative estimate of drug-likeness (QED) is 0.880. The third-order valence-corrected chi connectivity index (χ3v) is 6.25. The molecule has 3 nitrogen and oxygen atoms in total. The van der Waals surface area contributed by atoms with Crippen molar-refractivity contribution in [2.75, 3.05) is 6.54 Å². The number of nitrogens with one attached hydrogen (secondary N) is 1. The van der Waals surface area contributed by atoms with E-state index < -0.39 is 0 Å². The van der Waals surface area contributed by atoms with E-state index in [9.17, 15) is 0 Å². The van der Waals surface area contributed by atoms with E-state index in [1.807, 2.05) is 0 Å². The Bertz CT molecular complexity index is 477. The minimum absolute atomic E-state index is 0.0880. The first kappa shape index (κ1) is 15.4. The summed E-state index contributed by atoms with van der Waals surface area (Å²) in [6.07, 6.45) is 7.20. The summed E-state index contributed by atoms with van der Waals surface area (Å²) in [5.41, 5.74) is 1.28. The zero-order valence-electron chi connectivity index (χ0n) is 13.9. The average molecular weight is 308 g/mol. The third kappa shape index (κ3) is 3.16. The summed E-state index contributed by atoms with van der Waals surface area (Å²) in [4.78, 5) is 1.38. The van der Waals surface area contributed by atoms with Crippen molar-refractivity contribution in [3.8, 4) is 0 Å². The second kappa shape index (κ2) is 5.96. The number of aromatic nitrogens is 2. The van der Waals surface area contributed by atoms with Gasteiger partial charge in [0.15, 0.2) is 0 Å². The van der Waals surface area contributed by atoms with Gasteiger partial charge < -0.3 is 5.32 Å². The van der Waals surface area contributed by atoms with Gasteiger partial charge in [0.1, 0.15) is 0 Å². The minimum atomic E-state index is 0.0880. The Labute approximate surface area is 133 Å². The summed E-state index contributed by atoms with van der Waals surface area (Å²) in [5, 5.41) is 8.16. The molecule has 0 spiro atoms. The van der Waals surface area contributed by atoms with Gasteiger partial charge >= 0.3 is 0 Å². The van der Waals surface area contributed by atoms with Crippen LogP contribution < -0.4 is 5.32 Å². The number of hydrogen-bond donors (Lipinski definition) is 1. The maximum Gasteiger partial charge on any atom is 0.0857 e. The maximum atomic E-state index is 4.44. The van der Waals surface area contributed by atoms with Crippen LogP contribution in [0.3, 0.4) is 0 Å². The molecular weight excluding hydrogens is 278 g/mol. The molecule has 1 heterocycles. The Kier molecular flexibility index (Phi) is 4.37. The average Bonchev–Trinajstić information content (AvgIpc) is 3.13. The molecule has 1 aromatic rings. The van der Waals surface area contributed by atoms with Crippen LogP contribution in [-0.4, -0.2) is 16.1 Å². The summed E-state index contributed by atoms with van der Waals surface area (Å²) < 4.78 is 4.27. The highest BCUT2D eigenvalue weighted by atomic mass is 32.1. The van der Waals surface area contributed by atoms with E-state index in [1.54, 1.807) is 11.5 Å². The molecular formula is C17H29N3S. The van der Waals surface area contributed by atoms with Crippen molar-refractivity contribution >= 4 is 11.5 Å². The van der Waals surface area contributed by atoms with Crippen molar-refractivity contribution in [1.82, 2.24) is 14.9 Å². The second-order valence-electron chi connectivity index (χ2n) is 8.02. The molecule has 0 aliphatic heterocycles. The lowest BCUT2D eigenvalue weighted by molar-refractivity contribution is 0.280. The van der Waals surface area contributed by atoms with Crippen molar-refractivity contribution in [1.29, 1.82) is 0 Å². The number of nitrogens with zero attached hydrogens (tertiary/aromatic N) is 2. The van der Waals surface area contributed by atoms with E-state index in [0.29, 0.717) is 6.04 Å². The molecule has 21 heavy (non-hydrogen) atoms. The molecule has 2 aliphatic rings. The van der Waals surface area contributed by atoms with Crippen molar-refractivity contribution in [3.05, 3.63) is 10.6 Å². The van der Waals surface area contributed by atoms with Crippen molar-refractivity contribution in [2.24, 2.45) is 17.8 Å². The molecule has 1 N–H and O–H groups in total. The fourth-order valence-electron chi connectivity index (χ4n) is 4.44. The van der Waals surface area contributed by atoms with Crippen molar-refractivity contribution in [2.45, 2.75) is 71.3 Å². The van der Waals surface area contributed by atoms with Gasteiger partial charge in [-0.1, -0.05) is 38.6 Å². The Morgan fingerprint density at radius 1 is 1.29 bits per heavy atom. The number of fused-ring (bicyclic) bond motifs is 2. The van der Waals surface area contributed by atoms with E-state index in [0.717, 1.165) is 24.3 Å². The maximum absolute atomic E-state index is 4.44. The molecule has 3 rings (SSSR count). The van der Waals surface area contributed by atoms with Crippen LogP contribution in [0, 0.1) is 17.8 Å². The van der Waals surface area contributed by atoms with Crippen LogP contribution in [0.4, 0.5) is 0 Å². The fraction of sp³-hybridized carbons (Fsp3) is 0.882. The highest BCUT2D eigenvalue weighted by Crippen LogP contribution is 2.51. The van der Waals surface area contributed by atoms with Gasteiger partial charge in [-0.05, 0) is 61.5 Å². The summed E-state index contributed by atoms with van der Waals surface area (Å²) in [6.45, 7) is 9.96. The van der Waals surface area contributed by atoms with Crippen LogP contribution in [-0.2, 0) is 5.41 Å². The second-order valence-corrected chi connectivity index (χ2v) is 8.80. The Hall–Kier alpha value is -0.480. The molecule has 2 bridgehead atoms. The van der Waals surface area contributed by atoms with E-state index in [4.69, 9.17) is 0 Å². The Morgan fingerprint density at radius 2 is 2.10 bits per heavy atom. The standard InChI is InChI=1S/C17H29N3S/c1-5-18-14(10-13-9-11-6-7-12(13)8-11)15-16(17(2,3)4)19-20-21-15/h11-14,18H,5-10H2,1-4H3. The number of hydrogen-bond acceptors (Lipinski definition) is 4. The van der Waals surface area contributed by atoms with Crippen LogP contribution in [0.15, 0.2) is 0 Å². The van der Waals surface area contributed by atoms with Gasteiger partial charge in [0.05, 0.1) is 10.6 Å². The van der Waals surface area contributed by atoms with Crippen LogP contribution in [0.1, 0.15) is 76.4 Å². The molecule has 0 saturated heterocycles. The molecule has 4 unspecified atom stereocenters. The molecule has 4 atom stereocenters. The lowest BCUT2D eigenvalue weighted by atomic mass is 9.82. The Morgan fingerprint density at radius 3 is 2.67 bits per heavy atom. The van der Waals surface area contributed by atoms with Gasteiger partial charge in [-0.3, -0.25) is 0 Å². The summed E-state index contributed by atoms with van der Waals surface area (Å²) >= 11 is 1.60. The number of rotatable bonds is 5. The molecule has 0 amide bonds. The first-order chi connectivity index (χ1) is 9.99. The first-order valence-electron chi connectivity index (χ1n) is 8.55. The molecule has 4 heteroatoms. The van der Waals surface area contributed by atoms with E-state index >= 15 is 0 Å². The predicted octanol–water partition coefficient (Wildman–Crippen LogP) is 4.31. The summed E-state index contributed by atoms with van der Waals surface area (Å²) in [7, 11) is 0. The normalized spacial score (nSPS) is 30.0. The smallest absolute Gasteiger partial charge is 0.0857 e. The third-order valence-electron chi connectivity index (χ3n) is 5.41. The minimum Gasteiger partial charge on any atom is -0.309 e. The molecule has 1 aromatic heterocycles. The highest BCUT2D eigenvalue weighted by molar-refractivity contribution is 7.05. The van der Waals surface area contributed by atoms with Crippen LogP contribution in [0.2, 0.25) is 0 Å². The summed E-state index contributed by atoms with van der Waals surface area (Å²) in [6, 6.07) is 0.452. The van der Waals surface area contributed by atoms with Crippen LogP contribution in [0.25, 0.3) is 0 Å². The zero-order chi connectivity index (χ0) is 15.0. The van der Waals surface area contributed by atoms with Crippen molar-refractivity contribution in [3.63, 3.8) is 0 Å². The fourth-order valence-corrected chi connectivity index (χ4v) is 5.39. The molecule has 0 aromatic carbocycles. The first-order valence-corrected chi connectivity index (χ1v) is 9.32. The van der Waals surface area contributed by atoms with E-state index in [2.05, 4.69) is 42.6 Å². The molecule has 0 radical (unpaired) electrons. The monoisotopic (exact) mass is 307 g/mol. The SMILES string of the molecule is CCNC(CC1CC2CCC1C2)c1snnc1C(C)(C)C. The largest absolute Gasteiger partial charge is 0.309 e. The summed E-state index contributed by atoms with van der Waals surface area (Å²) in [5.74, 6) is 2.95.